The molecule has 0 radical (unpaired) electrons. The smallest absolute Gasteiger partial charge is 0.161 e. The lowest BCUT2D eigenvalue weighted by atomic mass is 10.0. The van der Waals surface area contributed by atoms with Gasteiger partial charge in [0.05, 0.1) is 12.2 Å². The Hall–Kier alpha value is -2.01. The van der Waals surface area contributed by atoms with Crippen LogP contribution in [0.4, 0.5) is 0 Å². The van der Waals surface area contributed by atoms with E-state index in [0.29, 0.717) is 13.2 Å². The zero-order valence-electron chi connectivity index (χ0n) is 12.5. The number of nitrogens with zero attached hydrogens (tertiary/aromatic N) is 2. The minimum absolute atomic E-state index is 0.103. The van der Waals surface area contributed by atoms with Gasteiger partial charge in [-0.1, -0.05) is 13.0 Å². The lowest BCUT2D eigenvalue weighted by Crippen LogP contribution is -2.19. The number of benzene rings is 1. The van der Waals surface area contributed by atoms with Gasteiger partial charge in [-0.15, -0.1) is 0 Å². The largest absolute Gasteiger partial charge is 0.486 e. The molecule has 5 nitrogen and oxygen atoms in total. The molecule has 1 atom stereocenters. The van der Waals surface area contributed by atoms with Crippen molar-refractivity contribution in [3.05, 3.63) is 41.7 Å². The van der Waals surface area contributed by atoms with E-state index in [1.807, 2.05) is 30.1 Å². The number of rotatable bonds is 5. The van der Waals surface area contributed by atoms with E-state index in [1.54, 1.807) is 0 Å². The Morgan fingerprint density at radius 3 is 2.81 bits per heavy atom. The van der Waals surface area contributed by atoms with E-state index in [4.69, 9.17) is 9.47 Å². The van der Waals surface area contributed by atoms with Crippen molar-refractivity contribution in [3.63, 3.8) is 0 Å². The van der Waals surface area contributed by atoms with Crippen LogP contribution in [0.2, 0.25) is 0 Å². The zero-order valence-corrected chi connectivity index (χ0v) is 12.5. The van der Waals surface area contributed by atoms with Gasteiger partial charge in [-0.3, -0.25) is 4.68 Å². The van der Waals surface area contributed by atoms with Crippen LogP contribution in [0.1, 0.15) is 30.5 Å². The van der Waals surface area contributed by atoms with E-state index in [0.717, 1.165) is 35.6 Å². The van der Waals surface area contributed by atoms with Crippen LogP contribution in [0.3, 0.4) is 0 Å². The highest BCUT2D eigenvalue weighted by Crippen LogP contribution is 2.34. The number of aromatic nitrogens is 2. The van der Waals surface area contributed by atoms with Gasteiger partial charge in [-0.25, -0.2) is 0 Å². The lowest BCUT2D eigenvalue weighted by Gasteiger charge is -2.21. The van der Waals surface area contributed by atoms with E-state index in [9.17, 15) is 0 Å². The van der Waals surface area contributed by atoms with Crippen LogP contribution < -0.4 is 14.8 Å². The van der Waals surface area contributed by atoms with Crippen LogP contribution >= 0.6 is 0 Å². The van der Waals surface area contributed by atoms with Gasteiger partial charge in [0.2, 0.25) is 0 Å². The fraction of sp³-hybridized carbons (Fsp3) is 0.438. The fourth-order valence-electron chi connectivity index (χ4n) is 2.65. The van der Waals surface area contributed by atoms with Crippen molar-refractivity contribution >= 4 is 0 Å². The van der Waals surface area contributed by atoms with E-state index < -0.39 is 0 Å². The fourth-order valence-corrected chi connectivity index (χ4v) is 2.65. The summed E-state index contributed by atoms with van der Waals surface area (Å²) in [5.41, 5.74) is 2.31. The molecule has 1 unspecified atom stereocenters. The molecule has 0 bridgehead atoms. The van der Waals surface area contributed by atoms with Crippen LogP contribution in [0, 0.1) is 0 Å². The first kappa shape index (κ1) is 13.9. The Morgan fingerprint density at radius 1 is 1.24 bits per heavy atom. The number of hydrogen-bond acceptors (Lipinski definition) is 4. The Balaban J connectivity index is 1.88. The van der Waals surface area contributed by atoms with Crippen molar-refractivity contribution in [2.24, 2.45) is 0 Å². The second kappa shape index (κ2) is 6.18. The molecule has 21 heavy (non-hydrogen) atoms. The molecule has 1 aliphatic rings. The van der Waals surface area contributed by atoms with E-state index in [-0.39, 0.29) is 6.04 Å². The van der Waals surface area contributed by atoms with Gasteiger partial charge in [0.25, 0.3) is 0 Å². The van der Waals surface area contributed by atoms with Crippen molar-refractivity contribution in [3.8, 4) is 11.5 Å². The average Bonchev–Trinajstić information content (AvgIpc) is 2.97. The number of fused-ring (bicyclic) bond motifs is 1. The summed E-state index contributed by atoms with van der Waals surface area (Å²) in [6.45, 7) is 4.32. The van der Waals surface area contributed by atoms with E-state index in [2.05, 4.69) is 29.6 Å². The number of aryl methyl sites for hydroxylation is 1. The maximum atomic E-state index is 5.66. The molecule has 3 rings (SSSR count). The quantitative estimate of drug-likeness (QED) is 0.917. The molecule has 2 heterocycles. The normalized spacial score (nSPS) is 15.0. The molecule has 0 fully saturated rings. The van der Waals surface area contributed by atoms with Crippen molar-refractivity contribution in [2.75, 3.05) is 20.3 Å². The zero-order chi connectivity index (χ0) is 14.7. The van der Waals surface area contributed by atoms with Crippen LogP contribution in [-0.4, -0.2) is 30.0 Å². The van der Waals surface area contributed by atoms with Gasteiger partial charge in [-0.2, -0.15) is 5.10 Å². The minimum atomic E-state index is 0.103. The van der Waals surface area contributed by atoms with Crippen molar-refractivity contribution in [1.82, 2.24) is 15.1 Å². The second-order valence-electron chi connectivity index (χ2n) is 5.16. The van der Waals surface area contributed by atoms with Crippen LogP contribution in [0.15, 0.2) is 30.6 Å². The van der Waals surface area contributed by atoms with Gasteiger partial charge in [0.15, 0.2) is 11.5 Å². The summed E-state index contributed by atoms with van der Waals surface area (Å²) in [5, 5.41) is 7.76. The molecule has 1 aliphatic heterocycles. The van der Waals surface area contributed by atoms with Crippen LogP contribution in [-0.2, 0) is 6.54 Å². The highest BCUT2D eigenvalue weighted by atomic mass is 16.6. The number of nitrogens with one attached hydrogen (secondary N) is 1. The highest BCUT2D eigenvalue weighted by molar-refractivity contribution is 5.46. The van der Waals surface area contributed by atoms with Crippen molar-refractivity contribution in [1.29, 1.82) is 0 Å². The Morgan fingerprint density at radius 2 is 2.05 bits per heavy atom. The summed E-state index contributed by atoms with van der Waals surface area (Å²) in [4.78, 5) is 0. The summed E-state index contributed by atoms with van der Waals surface area (Å²) in [7, 11) is 1.96. The molecular formula is C16H21N3O2. The van der Waals surface area contributed by atoms with Crippen molar-refractivity contribution < 1.29 is 9.47 Å². The number of ether oxygens (including phenoxy) is 2. The maximum Gasteiger partial charge on any atom is 0.161 e. The SMILES string of the molecule is CCCn1cc(C(NC)c2ccc3c(c2)OCCO3)cn1. The van der Waals surface area contributed by atoms with Gasteiger partial charge in [0, 0.05) is 18.3 Å². The Kier molecular flexibility index (Phi) is 4.10. The molecule has 0 aliphatic carbocycles. The first-order valence-corrected chi connectivity index (χ1v) is 7.41. The van der Waals surface area contributed by atoms with Gasteiger partial charge in [-0.05, 0) is 31.2 Å². The summed E-state index contributed by atoms with van der Waals surface area (Å²) in [6, 6.07) is 6.20. The summed E-state index contributed by atoms with van der Waals surface area (Å²) in [5.74, 6) is 1.64. The second-order valence-corrected chi connectivity index (χ2v) is 5.16. The van der Waals surface area contributed by atoms with Crippen LogP contribution in [0.25, 0.3) is 0 Å². The van der Waals surface area contributed by atoms with E-state index in [1.165, 1.54) is 0 Å². The predicted molar refractivity (Wildman–Crippen MR) is 80.9 cm³/mol. The molecule has 0 spiro atoms. The summed E-state index contributed by atoms with van der Waals surface area (Å²) in [6.07, 6.45) is 5.10. The highest BCUT2D eigenvalue weighted by Gasteiger charge is 2.18. The van der Waals surface area contributed by atoms with Gasteiger partial charge >= 0.3 is 0 Å². The monoisotopic (exact) mass is 287 g/mol. The van der Waals surface area contributed by atoms with Crippen molar-refractivity contribution in [2.45, 2.75) is 25.9 Å². The summed E-state index contributed by atoms with van der Waals surface area (Å²) >= 11 is 0. The molecule has 1 aromatic heterocycles. The molecular weight excluding hydrogens is 266 g/mol. The molecule has 2 aromatic rings. The third-order valence-electron chi connectivity index (χ3n) is 3.63. The Bertz CT molecular complexity index is 609. The van der Waals surface area contributed by atoms with Crippen LogP contribution in [0.5, 0.6) is 11.5 Å². The summed E-state index contributed by atoms with van der Waals surface area (Å²) < 4.78 is 13.2. The predicted octanol–water partition coefficient (Wildman–Crippen LogP) is 2.37. The number of hydrogen-bond donors (Lipinski definition) is 1. The molecule has 1 aromatic carbocycles. The molecule has 5 heteroatoms. The first-order valence-electron chi connectivity index (χ1n) is 7.41. The van der Waals surface area contributed by atoms with Gasteiger partial charge < -0.3 is 14.8 Å². The van der Waals surface area contributed by atoms with Gasteiger partial charge in [0.1, 0.15) is 13.2 Å². The lowest BCUT2D eigenvalue weighted by molar-refractivity contribution is 0.171. The topological polar surface area (TPSA) is 48.3 Å². The van der Waals surface area contributed by atoms with E-state index >= 15 is 0 Å². The third-order valence-corrected chi connectivity index (χ3v) is 3.63. The Labute approximate surface area is 124 Å². The molecule has 0 saturated heterocycles. The average molecular weight is 287 g/mol. The third kappa shape index (κ3) is 2.88. The maximum absolute atomic E-state index is 5.66. The standard InChI is InChI=1S/C16H21N3O2/c1-3-6-19-11-13(10-18-19)16(17-2)12-4-5-14-15(9-12)21-8-7-20-14/h4-5,9-11,16-17H,3,6-8H2,1-2H3. The molecule has 1 N–H and O–H groups in total. The minimum Gasteiger partial charge on any atom is -0.486 e. The molecule has 0 amide bonds. The molecule has 112 valence electrons. The first-order chi connectivity index (χ1) is 10.3. The molecule has 0 saturated carbocycles.